The lowest BCUT2D eigenvalue weighted by atomic mass is 10.1. The van der Waals surface area contributed by atoms with Crippen LogP contribution in [0.1, 0.15) is 23.1 Å². The molecule has 0 radical (unpaired) electrons. The minimum Gasteiger partial charge on any atom is -0.356 e. The Labute approximate surface area is 217 Å². The lowest BCUT2D eigenvalue weighted by Crippen LogP contribution is -2.42. The van der Waals surface area contributed by atoms with Crippen LogP contribution in [0.25, 0.3) is 0 Å². The number of nitrogens with one attached hydrogen (secondary N) is 1. The molecule has 2 heterocycles. The van der Waals surface area contributed by atoms with E-state index in [0.717, 1.165) is 16.7 Å². The number of carbonyl (C=O) groups excluding carboxylic acids is 2. The molecule has 3 aromatic rings. The number of hydrogen-bond donors (Lipinski definition) is 1. The summed E-state index contributed by atoms with van der Waals surface area (Å²) in [7, 11) is 0. The number of non-ortho nitro benzene ring substituents is 1. The minimum absolute atomic E-state index is 0.00636. The molecule has 10 heteroatoms. The maximum atomic E-state index is 13.4. The number of amides is 2. The fourth-order valence-electron chi connectivity index (χ4n) is 4.18. The number of amidine groups is 2. The second kappa shape index (κ2) is 10.8. The first-order valence-corrected chi connectivity index (χ1v) is 12.7. The van der Waals surface area contributed by atoms with Gasteiger partial charge in [-0.3, -0.25) is 24.7 Å². The van der Waals surface area contributed by atoms with Gasteiger partial charge >= 0.3 is 0 Å². The van der Waals surface area contributed by atoms with Crippen LogP contribution in [-0.2, 0) is 21.8 Å². The van der Waals surface area contributed by atoms with E-state index < -0.39 is 11.0 Å². The van der Waals surface area contributed by atoms with Crippen LogP contribution in [-0.4, -0.2) is 45.2 Å². The van der Waals surface area contributed by atoms with Crippen molar-refractivity contribution in [2.75, 3.05) is 6.54 Å². The number of nitrogens with zero attached hydrogens (tertiary/aromatic N) is 4. The number of rotatable bonds is 8. The van der Waals surface area contributed by atoms with Crippen LogP contribution in [0.4, 0.5) is 11.4 Å². The first-order valence-electron chi connectivity index (χ1n) is 11.8. The van der Waals surface area contributed by atoms with Crippen molar-refractivity contribution in [1.29, 1.82) is 0 Å². The van der Waals surface area contributed by atoms with Crippen LogP contribution < -0.4 is 5.32 Å². The number of nitro groups is 1. The molecule has 186 valence electrons. The van der Waals surface area contributed by atoms with Crippen molar-refractivity contribution in [3.63, 3.8) is 0 Å². The zero-order chi connectivity index (χ0) is 25.8. The Morgan fingerprint density at radius 3 is 2.59 bits per heavy atom. The van der Waals surface area contributed by atoms with Gasteiger partial charge in [-0.25, -0.2) is 9.89 Å². The summed E-state index contributed by atoms with van der Waals surface area (Å²) in [6.45, 7) is 0.471. The van der Waals surface area contributed by atoms with E-state index >= 15 is 0 Å². The molecule has 0 aliphatic carbocycles. The van der Waals surface area contributed by atoms with Crippen molar-refractivity contribution in [1.82, 2.24) is 10.2 Å². The first-order chi connectivity index (χ1) is 18.0. The van der Waals surface area contributed by atoms with Crippen LogP contribution in [0, 0.1) is 10.1 Å². The largest absolute Gasteiger partial charge is 0.356 e. The molecule has 2 aliphatic rings. The van der Waals surface area contributed by atoms with Crippen molar-refractivity contribution in [3.05, 3.63) is 106 Å². The summed E-state index contributed by atoms with van der Waals surface area (Å²) >= 11 is 1.30. The van der Waals surface area contributed by atoms with Crippen molar-refractivity contribution in [3.8, 4) is 0 Å². The van der Waals surface area contributed by atoms with E-state index in [2.05, 4.69) is 15.3 Å². The van der Waals surface area contributed by atoms with E-state index in [9.17, 15) is 19.7 Å². The fourth-order valence-corrected chi connectivity index (χ4v) is 5.12. The molecule has 0 fully saturated rings. The maximum absolute atomic E-state index is 13.4. The van der Waals surface area contributed by atoms with Gasteiger partial charge in [0, 0.05) is 30.0 Å². The summed E-state index contributed by atoms with van der Waals surface area (Å²) in [5.74, 6) is 0.298. The number of benzene rings is 3. The molecule has 0 bridgehead atoms. The number of thioether (sulfide) groups is 1. The van der Waals surface area contributed by atoms with Gasteiger partial charge in [0.2, 0.25) is 5.91 Å². The zero-order valence-electron chi connectivity index (χ0n) is 19.7. The van der Waals surface area contributed by atoms with Crippen molar-refractivity contribution < 1.29 is 14.5 Å². The number of aliphatic imine (C=N–C) groups is 2. The van der Waals surface area contributed by atoms with Crippen LogP contribution >= 0.6 is 11.8 Å². The minimum atomic E-state index is -0.846. The van der Waals surface area contributed by atoms with E-state index in [0.29, 0.717) is 35.4 Å². The maximum Gasteiger partial charge on any atom is 0.269 e. The van der Waals surface area contributed by atoms with Gasteiger partial charge in [-0.05, 0) is 29.7 Å². The molecular formula is C27H23N5O4S. The van der Waals surface area contributed by atoms with E-state index in [-0.39, 0.29) is 23.9 Å². The molecule has 1 N–H and O–H groups in total. The van der Waals surface area contributed by atoms with Gasteiger partial charge < -0.3 is 5.32 Å². The van der Waals surface area contributed by atoms with Gasteiger partial charge in [0.15, 0.2) is 5.17 Å². The van der Waals surface area contributed by atoms with E-state index in [1.54, 1.807) is 12.1 Å². The van der Waals surface area contributed by atoms with Crippen molar-refractivity contribution >= 4 is 46.0 Å². The summed E-state index contributed by atoms with van der Waals surface area (Å²) in [4.78, 5) is 47.5. The Bertz CT molecular complexity index is 1420. The zero-order valence-corrected chi connectivity index (χ0v) is 20.6. The van der Waals surface area contributed by atoms with Crippen molar-refractivity contribution in [2.45, 2.75) is 24.6 Å². The molecule has 5 rings (SSSR count). The molecule has 1 atom stereocenters. The Hall–Kier alpha value is -4.31. The summed E-state index contributed by atoms with van der Waals surface area (Å²) in [6, 6.07) is 22.8. The third-order valence-electron chi connectivity index (χ3n) is 5.99. The normalized spacial score (nSPS) is 15.9. The highest BCUT2D eigenvalue weighted by atomic mass is 32.2. The molecule has 3 aromatic carbocycles. The Morgan fingerprint density at radius 2 is 1.78 bits per heavy atom. The second-order valence-electron chi connectivity index (χ2n) is 8.56. The van der Waals surface area contributed by atoms with Crippen LogP contribution in [0.5, 0.6) is 0 Å². The molecule has 0 aromatic heterocycles. The Balaban J connectivity index is 1.30. The number of para-hydroxylation sites is 1. The molecule has 2 aliphatic heterocycles. The third kappa shape index (κ3) is 5.44. The predicted molar refractivity (Wildman–Crippen MR) is 143 cm³/mol. The first kappa shape index (κ1) is 24.4. The van der Waals surface area contributed by atoms with Gasteiger partial charge in [0.25, 0.3) is 11.6 Å². The summed E-state index contributed by atoms with van der Waals surface area (Å²) in [5, 5.41) is 14.4. The van der Waals surface area contributed by atoms with Gasteiger partial charge in [-0.1, -0.05) is 66.4 Å². The molecule has 0 saturated heterocycles. The quantitative estimate of drug-likeness (QED) is 0.357. The lowest BCUT2D eigenvalue weighted by Gasteiger charge is -2.25. The fraction of sp³-hybridized carbons (Fsp3) is 0.185. The van der Waals surface area contributed by atoms with Gasteiger partial charge in [0.05, 0.1) is 17.0 Å². The van der Waals surface area contributed by atoms with E-state index in [4.69, 9.17) is 0 Å². The molecular weight excluding hydrogens is 490 g/mol. The average molecular weight is 514 g/mol. The lowest BCUT2D eigenvalue weighted by molar-refractivity contribution is -0.384. The van der Waals surface area contributed by atoms with Gasteiger partial charge in [0.1, 0.15) is 11.9 Å². The molecule has 37 heavy (non-hydrogen) atoms. The molecule has 0 saturated carbocycles. The van der Waals surface area contributed by atoms with Crippen LogP contribution in [0.3, 0.4) is 0 Å². The highest BCUT2D eigenvalue weighted by Gasteiger charge is 2.42. The summed E-state index contributed by atoms with van der Waals surface area (Å²) in [6.07, 6.45) is 0.642. The predicted octanol–water partition coefficient (Wildman–Crippen LogP) is 4.24. The molecule has 0 spiro atoms. The van der Waals surface area contributed by atoms with Gasteiger partial charge in [-0.2, -0.15) is 0 Å². The standard InChI is InChI=1S/C27H23N5O4S/c33-24(28-14-13-18-7-2-1-3-8-18)16-23-26(34)31-25(29-23)21-11-4-5-12-22(21)30-27(31)37-17-19-9-6-10-20(15-19)32(35)36/h1-12,15,23H,13-14,16-17H2,(H,28,33). The van der Waals surface area contributed by atoms with E-state index in [1.807, 2.05) is 54.6 Å². The van der Waals surface area contributed by atoms with Crippen LogP contribution in [0.2, 0.25) is 0 Å². The topological polar surface area (TPSA) is 117 Å². The average Bonchev–Trinajstić information content (AvgIpc) is 3.24. The van der Waals surface area contributed by atoms with Crippen LogP contribution in [0.15, 0.2) is 88.8 Å². The highest BCUT2D eigenvalue weighted by molar-refractivity contribution is 8.13. The molecule has 1 unspecified atom stereocenters. The second-order valence-corrected chi connectivity index (χ2v) is 9.50. The summed E-state index contributed by atoms with van der Waals surface area (Å²) in [5.41, 5.74) is 3.27. The highest BCUT2D eigenvalue weighted by Crippen LogP contribution is 2.35. The van der Waals surface area contributed by atoms with E-state index in [1.165, 1.54) is 28.8 Å². The number of hydrogen-bond acceptors (Lipinski definition) is 7. The molecule has 2 amide bonds. The number of carbonyl (C=O) groups is 2. The van der Waals surface area contributed by atoms with Gasteiger partial charge in [-0.15, -0.1) is 0 Å². The Morgan fingerprint density at radius 1 is 1.03 bits per heavy atom. The van der Waals surface area contributed by atoms with Crippen molar-refractivity contribution in [2.24, 2.45) is 9.98 Å². The number of fused-ring (bicyclic) bond motifs is 3. The number of nitro benzene ring substituents is 1. The Kier molecular flexibility index (Phi) is 7.09. The molecule has 9 nitrogen and oxygen atoms in total. The third-order valence-corrected chi connectivity index (χ3v) is 7.00. The SMILES string of the molecule is O=C(CC1N=C2c3ccccc3N=C(SCc3cccc([N+](=O)[O-])c3)N2C1=O)NCCc1ccccc1. The smallest absolute Gasteiger partial charge is 0.269 e. The monoisotopic (exact) mass is 513 g/mol. The summed E-state index contributed by atoms with van der Waals surface area (Å²) < 4.78 is 0.